The maximum absolute atomic E-state index is 3.44. The Kier molecular flexibility index (Phi) is 36.8. The zero-order chi connectivity index (χ0) is 27.5. The number of rotatable bonds is 35. The molecule has 0 spiro atoms. The summed E-state index contributed by atoms with van der Waals surface area (Å²) in [4.78, 5) is 0. The van der Waals surface area contributed by atoms with E-state index in [1.807, 2.05) is 0 Å². The molecule has 0 aromatic heterocycles. The Morgan fingerprint density at radius 3 is 0.553 bits per heavy atom. The first-order chi connectivity index (χ1) is 18.9. The second kappa shape index (κ2) is 36.9. The SMILES string of the molecule is CCCCCCCCCCCCCCCCCCNNCCCCCCCCCCCCCCCCCC. The van der Waals surface area contributed by atoms with Crippen molar-refractivity contribution in [2.24, 2.45) is 0 Å². The minimum atomic E-state index is 1.14. The van der Waals surface area contributed by atoms with E-state index in [0.29, 0.717) is 0 Å². The van der Waals surface area contributed by atoms with Crippen LogP contribution in [0, 0.1) is 0 Å². The number of unbranched alkanes of at least 4 members (excludes halogenated alkanes) is 30. The van der Waals surface area contributed by atoms with Gasteiger partial charge in [-0.1, -0.05) is 206 Å². The van der Waals surface area contributed by atoms with Crippen molar-refractivity contribution in [3.05, 3.63) is 0 Å². The molecule has 0 radical (unpaired) electrons. The molecule has 0 aliphatic rings. The lowest BCUT2D eigenvalue weighted by atomic mass is 10.0. The van der Waals surface area contributed by atoms with Gasteiger partial charge in [-0.2, -0.15) is 0 Å². The Balaban J connectivity index is 3.01. The van der Waals surface area contributed by atoms with Gasteiger partial charge in [0.2, 0.25) is 0 Å². The van der Waals surface area contributed by atoms with Crippen LogP contribution in [0.2, 0.25) is 0 Å². The fraction of sp³-hybridized carbons (Fsp3) is 1.00. The second-order valence-electron chi connectivity index (χ2n) is 12.5. The molecule has 38 heavy (non-hydrogen) atoms. The third-order valence-corrected chi connectivity index (χ3v) is 8.44. The van der Waals surface area contributed by atoms with E-state index in [2.05, 4.69) is 24.7 Å². The van der Waals surface area contributed by atoms with E-state index < -0.39 is 0 Å². The highest BCUT2D eigenvalue weighted by molar-refractivity contribution is 4.53. The van der Waals surface area contributed by atoms with Gasteiger partial charge in [0.1, 0.15) is 0 Å². The number of hydrogen-bond acceptors (Lipinski definition) is 2. The zero-order valence-electron chi connectivity index (χ0n) is 27.0. The summed E-state index contributed by atoms with van der Waals surface area (Å²) in [6, 6.07) is 0. The third kappa shape index (κ3) is 35.9. The lowest BCUT2D eigenvalue weighted by Crippen LogP contribution is -2.33. The predicted octanol–water partition coefficient (Wildman–Crippen LogP) is 12.6. The van der Waals surface area contributed by atoms with Crippen LogP contribution in [0.1, 0.15) is 219 Å². The van der Waals surface area contributed by atoms with Crippen molar-refractivity contribution < 1.29 is 0 Å². The maximum atomic E-state index is 3.44. The third-order valence-electron chi connectivity index (χ3n) is 8.44. The summed E-state index contributed by atoms with van der Waals surface area (Å²) in [6.45, 7) is 6.88. The standard InChI is InChI=1S/C36H76N2/c1-3-5-7-9-11-13-15-17-19-21-23-25-27-29-31-33-35-37-38-36-34-32-30-28-26-24-22-20-18-16-14-12-10-8-6-4-2/h37-38H,3-36H2,1-2H3. The van der Waals surface area contributed by atoms with E-state index in [9.17, 15) is 0 Å². The molecule has 0 amide bonds. The molecule has 0 saturated carbocycles. The highest BCUT2D eigenvalue weighted by Crippen LogP contribution is 2.15. The topological polar surface area (TPSA) is 24.1 Å². The summed E-state index contributed by atoms with van der Waals surface area (Å²) in [7, 11) is 0. The summed E-state index contributed by atoms with van der Waals surface area (Å²) in [5.41, 5.74) is 6.87. The van der Waals surface area contributed by atoms with Crippen LogP contribution in [0.5, 0.6) is 0 Å². The molecule has 0 heterocycles. The number of hydrazine groups is 1. The Labute approximate surface area is 243 Å². The van der Waals surface area contributed by atoms with Gasteiger partial charge in [0.25, 0.3) is 0 Å². The van der Waals surface area contributed by atoms with Crippen LogP contribution in [0.3, 0.4) is 0 Å². The molecule has 0 aromatic rings. The molecule has 2 N–H and O–H groups in total. The summed E-state index contributed by atoms with van der Waals surface area (Å²) in [6.07, 6.45) is 46.2. The first-order valence-electron chi connectivity index (χ1n) is 18.4. The minimum Gasteiger partial charge on any atom is -0.258 e. The molecule has 0 saturated heterocycles. The lowest BCUT2D eigenvalue weighted by molar-refractivity contribution is 0.476. The minimum absolute atomic E-state index is 1.14. The molecule has 2 heteroatoms. The van der Waals surface area contributed by atoms with Gasteiger partial charge in [0, 0.05) is 13.1 Å². The Hall–Kier alpha value is -0.0800. The van der Waals surface area contributed by atoms with E-state index in [1.165, 1.54) is 205 Å². The lowest BCUT2D eigenvalue weighted by Gasteiger charge is -2.07. The largest absolute Gasteiger partial charge is 0.258 e. The van der Waals surface area contributed by atoms with Gasteiger partial charge in [-0.05, 0) is 12.8 Å². The van der Waals surface area contributed by atoms with Crippen molar-refractivity contribution >= 4 is 0 Å². The summed E-state index contributed by atoms with van der Waals surface area (Å²) >= 11 is 0. The molecular weight excluding hydrogens is 460 g/mol. The Morgan fingerprint density at radius 2 is 0.368 bits per heavy atom. The van der Waals surface area contributed by atoms with E-state index in [4.69, 9.17) is 0 Å². The smallest absolute Gasteiger partial charge is 0.00997 e. The zero-order valence-corrected chi connectivity index (χ0v) is 27.0. The average molecular weight is 537 g/mol. The fourth-order valence-corrected chi connectivity index (χ4v) is 5.70. The Bertz CT molecular complexity index is 348. The van der Waals surface area contributed by atoms with E-state index in [0.717, 1.165) is 13.1 Å². The van der Waals surface area contributed by atoms with Crippen LogP contribution in [0.25, 0.3) is 0 Å². The van der Waals surface area contributed by atoms with Gasteiger partial charge >= 0.3 is 0 Å². The number of nitrogens with one attached hydrogen (secondary N) is 2. The van der Waals surface area contributed by atoms with Gasteiger partial charge in [-0.15, -0.1) is 0 Å². The highest BCUT2D eigenvalue weighted by atomic mass is 15.3. The predicted molar refractivity (Wildman–Crippen MR) is 175 cm³/mol. The molecular formula is C36H76N2. The summed E-state index contributed by atoms with van der Waals surface area (Å²) in [5, 5.41) is 0. The van der Waals surface area contributed by atoms with Crippen LogP contribution in [0.15, 0.2) is 0 Å². The summed E-state index contributed by atoms with van der Waals surface area (Å²) in [5.74, 6) is 0. The molecule has 0 bridgehead atoms. The molecule has 2 nitrogen and oxygen atoms in total. The molecule has 0 fully saturated rings. The molecule has 0 aliphatic carbocycles. The molecule has 0 aromatic carbocycles. The van der Waals surface area contributed by atoms with Crippen LogP contribution in [-0.4, -0.2) is 13.1 Å². The van der Waals surface area contributed by atoms with E-state index in [-0.39, 0.29) is 0 Å². The van der Waals surface area contributed by atoms with Gasteiger partial charge in [0.05, 0.1) is 0 Å². The van der Waals surface area contributed by atoms with Gasteiger partial charge in [-0.3, -0.25) is 10.9 Å². The highest BCUT2D eigenvalue weighted by Gasteiger charge is 1.96. The van der Waals surface area contributed by atoms with Crippen molar-refractivity contribution in [2.75, 3.05) is 13.1 Å². The molecule has 0 rings (SSSR count). The van der Waals surface area contributed by atoms with Crippen molar-refractivity contribution in [3.63, 3.8) is 0 Å². The van der Waals surface area contributed by atoms with Crippen molar-refractivity contribution in [2.45, 2.75) is 219 Å². The monoisotopic (exact) mass is 537 g/mol. The van der Waals surface area contributed by atoms with Gasteiger partial charge in [-0.25, -0.2) is 0 Å². The maximum Gasteiger partial charge on any atom is 0.00997 e. The number of hydrogen-bond donors (Lipinski definition) is 2. The molecule has 0 aliphatic heterocycles. The van der Waals surface area contributed by atoms with Crippen LogP contribution >= 0.6 is 0 Å². The normalized spacial score (nSPS) is 11.5. The Morgan fingerprint density at radius 1 is 0.211 bits per heavy atom. The molecule has 0 unspecified atom stereocenters. The average Bonchev–Trinajstić information content (AvgIpc) is 2.93. The van der Waals surface area contributed by atoms with Crippen molar-refractivity contribution in [1.82, 2.24) is 10.9 Å². The first-order valence-corrected chi connectivity index (χ1v) is 18.4. The quantitative estimate of drug-likeness (QED) is 0.0621. The fourth-order valence-electron chi connectivity index (χ4n) is 5.70. The van der Waals surface area contributed by atoms with Gasteiger partial charge in [0.15, 0.2) is 0 Å². The molecule has 0 atom stereocenters. The van der Waals surface area contributed by atoms with Crippen LogP contribution < -0.4 is 10.9 Å². The van der Waals surface area contributed by atoms with E-state index in [1.54, 1.807) is 0 Å². The van der Waals surface area contributed by atoms with E-state index >= 15 is 0 Å². The van der Waals surface area contributed by atoms with Crippen LogP contribution in [-0.2, 0) is 0 Å². The second-order valence-corrected chi connectivity index (χ2v) is 12.5. The first kappa shape index (κ1) is 37.9. The van der Waals surface area contributed by atoms with Crippen LogP contribution in [0.4, 0.5) is 0 Å². The van der Waals surface area contributed by atoms with Crippen molar-refractivity contribution in [1.29, 1.82) is 0 Å². The van der Waals surface area contributed by atoms with Gasteiger partial charge < -0.3 is 0 Å². The van der Waals surface area contributed by atoms with Crippen molar-refractivity contribution in [3.8, 4) is 0 Å². The summed E-state index contributed by atoms with van der Waals surface area (Å²) < 4.78 is 0. The molecule has 230 valence electrons.